The summed E-state index contributed by atoms with van der Waals surface area (Å²) in [6, 6.07) is 7.39. The van der Waals surface area contributed by atoms with E-state index in [2.05, 4.69) is 5.32 Å². The van der Waals surface area contributed by atoms with Crippen molar-refractivity contribution in [2.24, 2.45) is 5.14 Å². The summed E-state index contributed by atoms with van der Waals surface area (Å²) < 4.78 is 22.3. The highest BCUT2D eigenvalue weighted by atomic mass is 32.2. The number of hydrogen-bond acceptors (Lipinski definition) is 3. The second-order valence-corrected chi connectivity index (χ2v) is 4.68. The maximum absolute atomic E-state index is 11.2. The fraction of sp³-hybridized carbons (Fsp3) is 0. The van der Waals surface area contributed by atoms with E-state index in [-0.39, 0.29) is 5.03 Å². The number of nitrogens with one attached hydrogen (secondary N) is 1. The van der Waals surface area contributed by atoms with E-state index in [0.29, 0.717) is 0 Å². The highest BCUT2D eigenvalue weighted by molar-refractivity contribution is 7.93. The first-order valence-electron chi connectivity index (χ1n) is 4.34. The summed E-state index contributed by atoms with van der Waals surface area (Å²) >= 11 is 0. The molecule has 2 rings (SSSR count). The van der Waals surface area contributed by atoms with Crippen molar-refractivity contribution in [3.8, 4) is 0 Å². The van der Waals surface area contributed by atoms with Gasteiger partial charge in [-0.2, -0.15) is 0 Å². The average Bonchev–Trinajstić information content (AvgIpc) is 2.38. The fourth-order valence-corrected chi connectivity index (χ4v) is 1.86. The summed E-state index contributed by atoms with van der Waals surface area (Å²) in [7, 11) is -3.69. The Kier molecular flexibility index (Phi) is 2.34. The van der Waals surface area contributed by atoms with Gasteiger partial charge in [-0.1, -0.05) is 30.4 Å². The van der Waals surface area contributed by atoms with Gasteiger partial charge >= 0.3 is 0 Å². The van der Waals surface area contributed by atoms with Gasteiger partial charge in [0.05, 0.1) is 0 Å². The normalized spacial score (nSPS) is 14.9. The van der Waals surface area contributed by atoms with Crippen LogP contribution >= 0.6 is 0 Å². The van der Waals surface area contributed by atoms with Crippen LogP contribution in [0.15, 0.2) is 41.4 Å². The first kappa shape index (κ1) is 9.95. The van der Waals surface area contributed by atoms with Gasteiger partial charge in [0.2, 0.25) is 0 Å². The van der Waals surface area contributed by atoms with E-state index in [1.54, 1.807) is 12.1 Å². The first-order chi connectivity index (χ1) is 7.07. The van der Waals surface area contributed by atoms with Gasteiger partial charge in [0.15, 0.2) is 0 Å². The maximum Gasteiger partial charge on any atom is 0.253 e. The number of para-hydroxylation sites is 1. The molecule has 5 heteroatoms. The Morgan fingerprint density at radius 1 is 1.20 bits per heavy atom. The second-order valence-electron chi connectivity index (χ2n) is 3.15. The smallest absolute Gasteiger partial charge is 0.253 e. The number of sulfonamides is 1. The number of allylic oxidation sites excluding steroid dienone is 2. The number of hydrogen-bond donors (Lipinski definition) is 2. The summed E-state index contributed by atoms with van der Waals surface area (Å²) in [5, 5.41) is 7.83. The Labute approximate surface area is 88.2 Å². The summed E-state index contributed by atoms with van der Waals surface area (Å²) in [4.78, 5) is 0. The van der Waals surface area contributed by atoms with Crippen molar-refractivity contribution in [1.82, 2.24) is 0 Å². The topological polar surface area (TPSA) is 72.2 Å². The highest BCUT2D eigenvalue weighted by Crippen LogP contribution is 2.22. The van der Waals surface area contributed by atoms with Crippen LogP contribution in [0.3, 0.4) is 0 Å². The molecule has 4 nitrogen and oxygen atoms in total. The average molecular weight is 222 g/mol. The van der Waals surface area contributed by atoms with Gasteiger partial charge < -0.3 is 5.32 Å². The van der Waals surface area contributed by atoms with Crippen LogP contribution in [0.25, 0.3) is 6.08 Å². The lowest BCUT2D eigenvalue weighted by atomic mass is 10.2. The summed E-state index contributed by atoms with van der Waals surface area (Å²) in [6.45, 7) is 0. The quantitative estimate of drug-likeness (QED) is 0.751. The number of rotatable bonds is 1. The van der Waals surface area contributed by atoms with Crippen molar-refractivity contribution in [2.75, 3.05) is 5.32 Å². The molecular formula is C10H10N2O2S. The zero-order valence-electron chi connectivity index (χ0n) is 7.84. The van der Waals surface area contributed by atoms with Crippen LogP contribution in [0.4, 0.5) is 5.69 Å². The fourth-order valence-electron chi connectivity index (χ4n) is 1.34. The summed E-state index contributed by atoms with van der Waals surface area (Å²) in [6.07, 6.45) is 4.91. The molecule has 0 aliphatic carbocycles. The molecular weight excluding hydrogens is 212 g/mol. The third kappa shape index (κ3) is 2.08. The number of fused-ring (bicyclic) bond motifs is 1. The number of benzene rings is 1. The summed E-state index contributed by atoms with van der Waals surface area (Å²) in [5.41, 5.74) is 1.65. The van der Waals surface area contributed by atoms with Crippen LogP contribution in [0.5, 0.6) is 0 Å². The van der Waals surface area contributed by atoms with Crippen LogP contribution in [0.1, 0.15) is 5.56 Å². The van der Waals surface area contributed by atoms with Crippen LogP contribution in [0.2, 0.25) is 0 Å². The third-order valence-corrected chi connectivity index (χ3v) is 2.90. The van der Waals surface area contributed by atoms with Crippen molar-refractivity contribution in [2.45, 2.75) is 0 Å². The van der Waals surface area contributed by atoms with Crippen molar-refractivity contribution < 1.29 is 8.42 Å². The van der Waals surface area contributed by atoms with Crippen LogP contribution < -0.4 is 10.5 Å². The molecule has 1 aliphatic heterocycles. The number of nitrogens with two attached hydrogens (primary N) is 1. The van der Waals surface area contributed by atoms with E-state index in [9.17, 15) is 8.42 Å². The number of anilines is 1. The van der Waals surface area contributed by atoms with E-state index in [1.165, 1.54) is 6.08 Å². The zero-order valence-corrected chi connectivity index (χ0v) is 8.66. The maximum atomic E-state index is 11.2. The molecule has 3 N–H and O–H groups in total. The predicted molar refractivity (Wildman–Crippen MR) is 60.3 cm³/mol. The van der Waals surface area contributed by atoms with Gasteiger partial charge in [-0.3, -0.25) is 0 Å². The molecule has 0 saturated carbocycles. The Morgan fingerprint density at radius 2 is 1.93 bits per heavy atom. The SMILES string of the molecule is NS(=O)(=O)C1=CC=Cc2ccccc2N1. The minimum atomic E-state index is -3.69. The van der Waals surface area contributed by atoms with E-state index < -0.39 is 10.0 Å². The van der Waals surface area contributed by atoms with E-state index in [0.717, 1.165) is 11.3 Å². The first-order valence-corrected chi connectivity index (χ1v) is 5.89. The lowest BCUT2D eigenvalue weighted by Crippen LogP contribution is -2.20. The molecule has 0 fully saturated rings. The Balaban J connectivity index is 2.49. The van der Waals surface area contributed by atoms with Gasteiger partial charge in [0, 0.05) is 5.69 Å². The lowest BCUT2D eigenvalue weighted by molar-refractivity contribution is 0.604. The van der Waals surface area contributed by atoms with Crippen LogP contribution in [-0.4, -0.2) is 8.42 Å². The lowest BCUT2D eigenvalue weighted by Gasteiger charge is -2.08. The molecule has 15 heavy (non-hydrogen) atoms. The molecule has 0 aromatic heterocycles. The molecule has 1 aromatic rings. The molecule has 0 spiro atoms. The Hall–Kier alpha value is -1.59. The predicted octanol–water partition coefficient (Wildman–Crippen LogP) is 1.26. The molecule has 1 aliphatic rings. The van der Waals surface area contributed by atoms with Crippen molar-refractivity contribution >= 4 is 21.8 Å². The van der Waals surface area contributed by atoms with E-state index >= 15 is 0 Å². The van der Waals surface area contributed by atoms with Crippen molar-refractivity contribution in [1.29, 1.82) is 0 Å². The molecule has 78 valence electrons. The van der Waals surface area contributed by atoms with Crippen molar-refractivity contribution in [3.05, 3.63) is 47.0 Å². The van der Waals surface area contributed by atoms with Gasteiger partial charge in [-0.05, 0) is 17.7 Å². The molecule has 1 heterocycles. The molecule has 0 atom stereocenters. The highest BCUT2D eigenvalue weighted by Gasteiger charge is 2.13. The molecule has 1 aromatic carbocycles. The molecule has 0 bridgehead atoms. The monoisotopic (exact) mass is 222 g/mol. The van der Waals surface area contributed by atoms with Gasteiger partial charge in [0.25, 0.3) is 10.0 Å². The molecule has 0 radical (unpaired) electrons. The molecule has 0 amide bonds. The van der Waals surface area contributed by atoms with Crippen LogP contribution in [0, 0.1) is 0 Å². The van der Waals surface area contributed by atoms with Gasteiger partial charge in [-0.15, -0.1) is 0 Å². The van der Waals surface area contributed by atoms with Crippen LogP contribution in [-0.2, 0) is 10.0 Å². The zero-order chi connectivity index (χ0) is 10.9. The second kappa shape index (κ2) is 3.52. The standard InChI is InChI=1S/C10H10N2O2S/c11-15(13,14)10-7-3-5-8-4-1-2-6-9(8)12-10/h1-7,12H,(H2,11,13,14). The molecule has 0 unspecified atom stereocenters. The molecule has 0 saturated heterocycles. The van der Waals surface area contributed by atoms with Crippen molar-refractivity contribution in [3.63, 3.8) is 0 Å². The Bertz CT molecular complexity index is 544. The Morgan fingerprint density at radius 3 is 2.67 bits per heavy atom. The van der Waals surface area contributed by atoms with Gasteiger partial charge in [0.1, 0.15) is 5.03 Å². The third-order valence-electron chi connectivity index (χ3n) is 2.05. The van der Waals surface area contributed by atoms with E-state index in [1.807, 2.05) is 24.3 Å². The number of primary sulfonamides is 1. The minimum absolute atomic E-state index is 0.00343. The van der Waals surface area contributed by atoms with Gasteiger partial charge in [-0.25, -0.2) is 13.6 Å². The summed E-state index contributed by atoms with van der Waals surface area (Å²) in [5.74, 6) is 0. The van der Waals surface area contributed by atoms with E-state index in [4.69, 9.17) is 5.14 Å². The minimum Gasteiger partial charge on any atom is -0.345 e. The largest absolute Gasteiger partial charge is 0.345 e.